The van der Waals surface area contributed by atoms with Crippen LogP contribution in [0.3, 0.4) is 0 Å². The number of rotatable bonds is 3. The molecule has 1 aromatic carbocycles. The predicted molar refractivity (Wildman–Crippen MR) is 55.2 cm³/mol. The van der Waals surface area contributed by atoms with Crippen LogP contribution in [0.25, 0.3) is 0 Å². The first-order valence-electron chi connectivity index (χ1n) is 4.93. The minimum atomic E-state index is -4.75. The van der Waals surface area contributed by atoms with E-state index in [4.69, 9.17) is 0 Å². The number of alkyl halides is 3. The van der Waals surface area contributed by atoms with E-state index in [1.54, 1.807) is 0 Å². The number of nitrogens with one attached hydrogen (secondary N) is 1. The van der Waals surface area contributed by atoms with E-state index in [0.717, 1.165) is 19.2 Å². The molecule has 0 fully saturated rings. The summed E-state index contributed by atoms with van der Waals surface area (Å²) in [6.07, 6.45) is -4.75. The summed E-state index contributed by atoms with van der Waals surface area (Å²) >= 11 is 0. The van der Waals surface area contributed by atoms with Gasteiger partial charge in [0.15, 0.2) is 0 Å². The van der Waals surface area contributed by atoms with Crippen LogP contribution in [0, 0.1) is 5.82 Å². The minimum Gasteiger partial charge on any atom is -0.468 e. The maximum absolute atomic E-state index is 12.9. The van der Waals surface area contributed by atoms with Gasteiger partial charge in [0.05, 0.1) is 12.7 Å². The Morgan fingerprint density at radius 3 is 2.44 bits per heavy atom. The number of benzene rings is 1. The molecular weight excluding hydrogens is 254 g/mol. The fraction of sp³-hybridized carbons (Fsp3) is 0.364. The molecule has 0 radical (unpaired) electrons. The Hall–Kier alpha value is -1.63. The lowest BCUT2D eigenvalue weighted by atomic mass is 9.99. The standard InChI is InChI=1S/C11H11F4NO2/c1-16-9(10(17)18-2)7-4-3-6(12)5-8(7)11(13,14)15/h3-5,9,16H,1-2H3. The Labute approximate surface area is 101 Å². The fourth-order valence-electron chi connectivity index (χ4n) is 1.54. The van der Waals surface area contributed by atoms with Crippen LogP contribution in [0.15, 0.2) is 18.2 Å². The molecule has 100 valence electrons. The molecule has 0 saturated heterocycles. The summed E-state index contributed by atoms with van der Waals surface area (Å²) in [4.78, 5) is 11.4. The Morgan fingerprint density at radius 1 is 1.39 bits per heavy atom. The molecule has 7 heteroatoms. The van der Waals surface area contributed by atoms with Gasteiger partial charge in [-0.3, -0.25) is 0 Å². The Bertz CT molecular complexity index is 445. The Morgan fingerprint density at radius 2 is 2.00 bits per heavy atom. The van der Waals surface area contributed by atoms with Gasteiger partial charge in [0.2, 0.25) is 0 Å². The van der Waals surface area contributed by atoms with Gasteiger partial charge in [-0.25, -0.2) is 9.18 Å². The van der Waals surface area contributed by atoms with Crippen molar-refractivity contribution in [2.45, 2.75) is 12.2 Å². The van der Waals surface area contributed by atoms with Crippen LogP contribution >= 0.6 is 0 Å². The number of hydrogen-bond donors (Lipinski definition) is 1. The maximum Gasteiger partial charge on any atom is 0.416 e. The molecule has 1 N–H and O–H groups in total. The van der Waals surface area contributed by atoms with Gasteiger partial charge in [-0.15, -0.1) is 0 Å². The van der Waals surface area contributed by atoms with E-state index in [9.17, 15) is 22.4 Å². The lowest BCUT2D eigenvalue weighted by molar-refractivity contribution is -0.144. The van der Waals surface area contributed by atoms with Crippen molar-refractivity contribution in [3.8, 4) is 0 Å². The lowest BCUT2D eigenvalue weighted by Crippen LogP contribution is -2.29. The van der Waals surface area contributed by atoms with Crippen LogP contribution in [0.1, 0.15) is 17.2 Å². The Kier molecular flexibility index (Phi) is 4.28. The van der Waals surface area contributed by atoms with Gasteiger partial charge in [-0.05, 0) is 24.7 Å². The van der Waals surface area contributed by atoms with E-state index in [-0.39, 0.29) is 5.56 Å². The van der Waals surface area contributed by atoms with Crippen LogP contribution in [0.4, 0.5) is 17.6 Å². The molecule has 1 rings (SSSR count). The van der Waals surface area contributed by atoms with Crippen molar-refractivity contribution in [3.63, 3.8) is 0 Å². The summed E-state index contributed by atoms with van der Waals surface area (Å²) in [7, 11) is 2.37. The molecule has 1 atom stereocenters. The quantitative estimate of drug-likeness (QED) is 0.673. The predicted octanol–water partition coefficient (Wildman–Crippen LogP) is 2.28. The summed E-state index contributed by atoms with van der Waals surface area (Å²) in [6, 6.07) is 0.823. The Balaban J connectivity index is 3.34. The third kappa shape index (κ3) is 2.98. The second-order valence-corrected chi connectivity index (χ2v) is 3.47. The molecule has 0 bridgehead atoms. The van der Waals surface area contributed by atoms with Crippen molar-refractivity contribution in [2.24, 2.45) is 0 Å². The monoisotopic (exact) mass is 265 g/mol. The van der Waals surface area contributed by atoms with Crippen LogP contribution in [0.2, 0.25) is 0 Å². The molecule has 1 aromatic rings. The smallest absolute Gasteiger partial charge is 0.416 e. The summed E-state index contributed by atoms with van der Waals surface area (Å²) in [6.45, 7) is 0. The molecule has 0 aromatic heterocycles. The largest absolute Gasteiger partial charge is 0.468 e. The number of carbonyl (C=O) groups is 1. The topological polar surface area (TPSA) is 38.3 Å². The first-order valence-corrected chi connectivity index (χ1v) is 4.93. The van der Waals surface area contributed by atoms with Crippen molar-refractivity contribution in [2.75, 3.05) is 14.2 Å². The van der Waals surface area contributed by atoms with Gasteiger partial charge in [0.1, 0.15) is 11.9 Å². The van der Waals surface area contributed by atoms with E-state index in [0.29, 0.717) is 6.07 Å². The van der Waals surface area contributed by atoms with Gasteiger partial charge in [-0.2, -0.15) is 13.2 Å². The van der Waals surface area contributed by atoms with Crippen LogP contribution in [-0.2, 0) is 15.7 Å². The number of ether oxygens (including phenoxy) is 1. The summed E-state index contributed by atoms with van der Waals surface area (Å²) < 4.78 is 55.5. The first-order chi connectivity index (χ1) is 8.31. The van der Waals surface area contributed by atoms with E-state index >= 15 is 0 Å². The summed E-state index contributed by atoms with van der Waals surface area (Å²) in [5.41, 5.74) is -1.58. The molecule has 0 aliphatic rings. The molecular formula is C11H11F4NO2. The van der Waals surface area contributed by atoms with Crippen LogP contribution < -0.4 is 5.32 Å². The van der Waals surface area contributed by atoms with Crippen molar-refractivity contribution < 1.29 is 27.1 Å². The zero-order valence-corrected chi connectivity index (χ0v) is 9.64. The van der Waals surface area contributed by atoms with Crippen molar-refractivity contribution in [1.29, 1.82) is 0 Å². The highest BCUT2D eigenvalue weighted by Crippen LogP contribution is 2.35. The molecule has 18 heavy (non-hydrogen) atoms. The first kappa shape index (κ1) is 14.4. The van der Waals surface area contributed by atoms with Gasteiger partial charge in [0, 0.05) is 0 Å². The summed E-state index contributed by atoms with van der Waals surface area (Å²) in [5, 5.41) is 2.40. The second kappa shape index (κ2) is 5.34. The number of likely N-dealkylation sites (N-methyl/N-ethyl adjacent to an activating group) is 1. The second-order valence-electron chi connectivity index (χ2n) is 3.47. The van der Waals surface area contributed by atoms with Crippen LogP contribution in [0.5, 0.6) is 0 Å². The third-order valence-electron chi connectivity index (χ3n) is 2.36. The van der Waals surface area contributed by atoms with Crippen molar-refractivity contribution >= 4 is 5.97 Å². The van der Waals surface area contributed by atoms with E-state index in [2.05, 4.69) is 10.1 Å². The fourth-order valence-corrected chi connectivity index (χ4v) is 1.54. The average molecular weight is 265 g/mol. The normalized spacial score (nSPS) is 13.2. The summed E-state index contributed by atoms with van der Waals surface area (Å²) in [5.74, 6) is -1.90. The number of halogens is 4. The van der Waals surface area contributed by atoms with Crippen molar-refractivity contribution in [1.82, 2.24) is 5.32 Å². The van der Waals surface area contributed by atoms with Gasteiger partial charge >= 0.3 is 12.1 Å². The van der Waals surface area contributed by atoms with E-state index in [1.807, 2.05) is 0 Å². The van der Waals surface area contributed by atoms with Gasteiger partial charge < -0.3 is 10.1 Å². The molecule has 3 nitrogen and oxygen atoms in total. The molecule has 0 aliphatic heterocycles. The molecule has 0 spiro atoms. The van der Waals surface area contributed by atoms with Gasteiger partial charge in [-0.1, -0.05) is 6.07 Å². The van der Waals surface area contributed by atoms with E-state index < -0.39 is 29.6 Å². The highest BCUT2D eigenvalue weighted by Gasteiger charge is 2.37. The van der Waals surface area contributed by atoms with Gasteiger partial charge in [0.25, 0.3) is 0 Å². The average Bonchev–Trinajstić information content (AvgIpc) is 2.30. The number of esters is 1. The highest BCUT2D eigenvalue weighted by atomic mass is 19.4. The zero-order chi connectivity index (χ0) is 13.9. The van der Waals surface area contributed by atoms with E-state index in [1.165, 1.54) is 7.05 Å². The number of hydrogen-bond acceptors (Lipinski definition) is 3. The molecule has 1 unspecified atom stereocenters. The molecule has 0 saturated carbocycles. The number of carbonyl (C=O) groups excluding carboxylic acids is 1. The maximum atomic E-state index is 12.9. The van der Waals surface area contributed by atoms with Crippen LogP contribution in [-0.4, -0.2) is 20.1 Å². The lowest BCUT2D eigenvalue weighted by Gasteiger charge is -2.19. The highest BCUT2D eigenvalue weighted by molar-refractivity contribution is 5.78. The molecule has 0 amide bonds. The number of methoxy groups -OCH3 is 1. The minimum absolute atomic E-state index is 0.350. The molecule has 0 heterocycles. The molecule has 0 aliphatic carbocycles. The SMILES string of the molecule is CNC(C(=O)OC)c1ccc(F)cc1C(F)(F)F. The zero-order valence-electron chi connectivity index (χ0n) is 9.64. The van der Waals surface area contributed by atoms with Crippen molar-refractivity contribution in [3.05, 3.63) is 35.1 Å². The third-order valence-corrected chi connectivity index (χ3v) is 2.36.